The SMILES string of the molecule is COc1ccc(OC(=O)N(COC(C)=O)Cc2ccc(OCCc3nc(-c4ccncc4)sc3C)cc2)cc1. The zero-order chi connectivity index (χ0) is 27.6. The van der Waals surface area contributed by atoms with Gasteiger partial charge in [-0.05, 0) is 61.0 Å². The van der Waals surface area contributed by atoms with Crippen LogP contribution in [0.4, 0.5) is 4.79 Å². The first kappa shape index (κ1) is 27.6. The summed E-state index contributed by atoms with van der Waals surface area (Å²) in [5.41, 5.74) is 2.88. The summed E-state index contributed by atoms with van der Waals surface area (Å²) < 4.78 is 21.6. The molecule has 0 unspecified atom stereocenters. The summed E-state index contributed by atoms with van der Waals surface area (Å²) >= 11 is 1.66. The molecule has 0 bridgehead atoms. The molecule has 1 amide bonds. The van der Waals surface area contributed by atoms with Crippen molar-refractivity contribution in [2.75, 3.05) is 20.4 Å². The molecule has 4 rings (SSSR count). The van der Waals surface area contributed by atoms with Crippen molar-refractivity contribution in [1.82, 2.24) is 14.9 Å². The highest BCUT2D eigenvalue weighted by molar-refractivity contribution is 7.15. The second-order valence-electron chi connectivity index (χ2n) is 8.51. The van der Waals surface area contributed by atoms with Crippen LogP contribution in [0.15, 0.2) is 73.1 Å². The molecule has 202 valence electrons. The third-order valence-electron chi connectivity index (χ3n) is 5.67. The quantitative estimate of drug-likeness (QED) is 0.175. The molecule has 2 aromatic heterocycles. The number of rotatable bonds is 11. The fraction of sp³-hybridized carbons (Fsp3) is 0.241. The number of ether oxygens (including phenoxy) is 4. The number of aromatic nitrogens is 2. The minimum absolute atomic E-state index is 0.179. The lowest BCUT2D eigenvalue weighted by Crippen LogP contribution is -2.35. The number of carbonyl (C=O) groups is 2. The highest BCUT2D eigenvalue weighted by Crippen LogP contribution is 2.27. The van der Waals surface area contributed by atoms with Crippen LogP contribution in [0, 0.1) is 6.92 Å². The van der Waals surface area contributed by atoms with Crippen molar-refractivity contribution < 1.29 is 28.5 Å². The Hall–Kier alpha value is -4.44. The smallest absolute Gasteiger partial charge is 0.418 e. The Morgan fingerprint density at radius 2 is 1.59 bits per heavy atom. The highest BCUT2D eigenvalue weighted by Gasteiger charge is 2.18. The van der Waals surface area contributed by atoms with Crippen LogP contribution in [0.2, 0.25) is 0 Å². The first-order valence-corrected chi connectivity index (χ1v) is 13.1. The van der Waals surface area contributed by atoms with Crippen molar-refractivity contribution in [3.8, 4) is 27.8 Å². The monoisotopic (exact) mass is 547 g/mol. The number of methoxy groups -OCH3 is 1. The van der Waals surface area contributed by atoms with E-state index in [0.717, 1.165) is 26.7 Å². The van der Waals surface area contributed by atoms with E-state index in [1.807, 2.05) is 36.4 Å². The highest BCUT2D eigenvalue weighted by atomic mass is 32.1. The minimum Gasteiger partial charge on any atom is -0.497 e. The van der Waals surface area contributed by atoms with Crippen LogP contribution in [0.5, 0.6) is 17.2 Å². The summed E-state index contributed by atoms with van der Waals surface area (Å²) in [6.45, 7) is 3.77. The molecule has 2 aromatic carbocycles. The van der Waals surface area contributed by atoms with E-state index in [1.165, 1.54) is 11.8 Å². The molecule has 0 aliphatic heterocycles. The Kier molecular flexibility index (Phi) is 9.47. The van der Waals surface area contributed by atoms with Crippen LogP contribution in [-0.4, -0.2) is 47.4 Å². The number of nitrogens with zero attached hydrogens (tertiary/aromatic N) is 3. The Morgan fingerprint density at radius 3 is 2.26 bits per heavy atom. The molecule has 0 fully saturated rings. The number of carbonyl (C=O) groups excluding carboxylic acids is 2. The third-order valence-corrected chi connectivity index (χ3v) is 6.73. The van der Waals surface area contributed by atoms with Crippen LogP contribution < -0.4 is 14.2 Å². The fourth-order valence-corrected chi connectivity index (χ4v) is 4.56. The largest absolute Gasteiger partial charge is 0.497 e. The third kappa shape index (κ3) is 8.02. The molecule has 10 heteroatoms. The molecule has 0 saturated carbocycles. The predicted molar refractivity (Wildman–Crippen MR) is 147 cm³/mol. The first-order valence-electron chi connectivity index (χ1n) is 12.2. The van der Waals surface area contributed by atoms with Crippen LogP contribution in [0.25, 0.3) is 10.6 Å². The molecule has 0 aliphatic carbocycles. The lowest BCUT2D eigenvalue weighted by Gasteiger charge is -2.21. The number of esters is 1. The molecule has 0 N–H and O–H groups in total. The summed E-state index contributed by atoms with van der Waals surface area (Å²) in [4.78, 5) is 35.4. The topological polar surface area (TPSA) is 100 Å². The van der Waals surface area contributed by atoms with E-state index in [-0.39, 0.29) is 13.3 Å². The predicted octanol–water partition coefficient (Wildman–Crippen LogP) is 5.67. The Bertz CT molecular complexity index is 1370. The molecule has 0 atom stereocenters. The van der Waals surface area contributed by atoms with Crippen LogP contribution in [0.1, 0.15) is 23.1 Å². The second-order valence-corrected chi connectivity index (χ2v) is 9.71. The molecule has 0 saturated heterocycles. The van der Waals surface area contributed by atoms with Gasteiger partial charge in [0.05, 0.1) is 26.0 Å². The van der Waals surface area contributed by atoms with E-state index in [2.05, 4.69) is 11.9 Å². The van der Waals surface area contributed by atoms with Crippen molar-refractivity contribution in [1.29, 1.82) is 0 Å². The van der Waals surface area contributed by atoms with E-state index in [4.69, 9.17) is 23.9 Å². The summed E-state index contributed by atoms with van der Waals surface area (Å²) in [6, 6.07) is 17.9. The molecular weight excluding hydrogens is 518 g/mol. The molecule has 0 aliphatic rings. The maximum absolute atomic E-state index is 12.8. The number of hydrogen-bond donors (Lipinski definition) is 0. The van der Waals surface area contributed by atoms with Gasteiger partial charge in [0.15, 0.2) is 6.73 Å². The van der Waals surface area contributed by atoms with Crippen LogP contribution in [0.3, 0.4) is 0 Å². The second kappa shape index (κ2) is 13.4. The minimum atomic E-state index is -0.647. The first-order chi connectivity index (χ1) is 18.9. The number of thiazole rings is 1. The summed E-state index contributed by atoms with van der Waals surface area (Å²) in [6.07, 6.45) is 3.56. The van der Waals surface area contributed by atoms with Crippen LogP contribution >= 0.6 is 11.3 Å². The van der Waals surface area contributed by atoms with Gasteiger partial charge in [-0.25, -0.2) is 9.78 Å². The van der Waals surface area contributed by atoms with Gasteiger partial charge in [0.1, 0.15) is 22.3 Å². The Labute approximate surface area is 231 Å². The van der Waals surface area contributed by atoms with E-state index < -0.39 is 12.1 Å². The lowest BCUT2D eigenvalue weighted by atomic mass is 10.2. The normalized spacial score (nSPS) is 10.5. The number of pyridine rings is 1. The fourth-order valence-electron chi connectivity index (χ4n) is 3.60. The van der Waals surface area contributed by atoms with Crippen LogP contribution in [-0.2, 0) is 22.5 Å². The molecule has 2 heterocycles. The average molecular weight is 548 g/mol. The van der Waals surface area contributed by atoms with Gasteiger partial charge >= 0.3 is 12.1 Å². The summed E-state index contributed by atoms with van der Waals surface area (Å²) in [5.74, 6) is 1.20. The number of amides is 1. The van der Waals surface area contributed by atoms with E-state index in [0.29, 0.717) is 30.3 Å². The lowest BCUT2D eigenvalue weighted by molar-refractivity contribution is -0.144. The van der Waals surface area contributed by atoms with E-state index in [9.17, 15) is 9.59 Å². The maximum atomic E-state index is 12.8. The molecule has 0 spiro atoms. The Morgan fingerprint density at radius 1 is 0.923 bits per heavy atom. The van der Waals surface area contributed by atoms with Gasteiger partial charge in [-0.3, -0.25) is 14.7 Å². The van der Waals surface area contributed by atoms with Gasteiger partial charge in [0, 0.05) is 36.2 Å². The Balaban J connectivity index is 1.32. The number of aryl methyl sites for hydroxylation is 1. The van der Waals surface area contributed by atoms with Gasteiger partial charge in [0.2, 0.25) is 0 Å². The van der Waals surface area contributed by atoms with Crippen molar-refractivity contribution >= 4 is 23.4 Å². The zero-order valence-corrected chi connectivity index (χ0v) is 22.8. The van der Waals surface area contributed by atoms with Crippen molar-refractivity contribution in [2.45, 2.75) is 26.8 Å². The average Bonchev–Trinajstić information content (AvgIpc) is 3.32. The van der Waals surface area contributed by atoms with E-state index >= 15 is 0 Å². The van der Waals surface area contributed by atoms with Gasteiger partial charge < -0.3 is 18.9 Å². The summed E-state index contributed by atoms with van der Waals surface area (Å²) in [5, 5.41) is 0.970. The maximum Gasteiger partial charge on any atom is 0.418 e. The molecule has 0 radical (unpaired) electrons. The molecular formula is C29H29N3O6S. The van der Waals surface area contributed by atoms with Crippen molar-refractivity contribution in [3.05, 3.63) is 89.2 Å². The van der Waals surface area contributed by atoms with Gasteiger partial charge in [0.25, 0.3) is 0 Å². The van der Waals surface area contributed by atoms with Crippen molar-refractivity contribution in [2.24, 2.45) is 0 Å². The van der Waals surface area contributed by atoms with Crippen molar-refractivity contribution in [3.63, 3.8) is 0 Å². The zero-order valence-electron chi connectivity index (χ0n) is 22.0. The number of benzene rings is 2. The van der Waals surface area contributed by atoms with Gasteiger partial charge in [-0.1, -0.05) is 12.1 Å². The van der Waals surface area contributed by atoms with E-state index in [1.54, 1.807) is 55.1 Å². The molecule has 39 heavy (non-hydrogen) atoms. The standard InChI is InChI=1S/C29H29N3O6S/c1-20-27(31-28(39-20)23-12-15-30-16-13-23)14-17-36-25-6-4-22(5-7-25)18-32(19-37-21(2)33)29(34)38-26-10-8-24(35-3)9-11-26/h4-13,15-16H,14,17-19H2,1-3H3. The molecule has 9 nitrogen and oxygen atoms in total. The van der Waals surface area contributed by atoms with Gasteiger partial charge in [-0.2, -0.15) is 0 Å². The molecule has 4 aromatic rings. The number of hydrogen-bond acceptors (Lipinski definition) is 9. The summed E-state index contributed by atoms with van der Waals surface area (Å²) in [7, 11) is 1.56. The van der Waals surface area contributed by atoms with Gasteiger partial charge in [-0.15, -0.1) is 11.3 Å².